The van der Waals surface area contributed by atoms with Crippen molar-refractivity contribution in [3.05, 3.63) is 46.5 Å². The summed E-state index contributed by atoms with van der Waals surface area (Å²) in [4.78, 5) is 52.1. The van der Waals surface area contributed by atoms with Crippen LogP contribution in [0.25, 0.3) is 0 Å². The number of cyclic esters (lactones) is 1. The van der Waals surface area contributed by atoms with Crippen molar-refractivity contribution in [2.75, 3.05) is 26.7 Å². The number of hydrogen-bond donors (Lipinski definition) is 2. The zero-order valence-corrected chi connectivity index (χ0v) is 29.6. The van der Waals surface area contributed by atoms with Crippen LogP contribution >= 0.6 is 0 Å². The third kappa shape index (κ3) is 7.30. The van der Waals surface area contributed by atoms with Crippen molar-refractivity contribution in [3.8, 4) is 23.0 Å². The number of esters is 1. The molecule has 7 rings (SSSR count). The number of carbonyl (C=O) groups is 4. The Labute approximate surface area is 295 Å². The lowest BCUT2D eigenvalue weighted by molar-refractivity contribution is -0.00592. The second-order valence-corrected chi connectivity index (χ2v) is 14.9. The van der Waals surface area contributed by atoms with Gasteiger partial charge in [0, 0.05) is 18.7 Å². The van der Waals surface area contributed by atoms with Crippen molar-refractivity contribution >= 4 is 24.1 Å². The summed E-state index contributed by atoms with van der Waals surface area (Å²) in [5.74, 6) is 0.168. The van der Waals surface area contributed by atoms with Crippen molar-refractivity contribution in [2.45, 2.75) is 103 Å². The van der Waals surface area contributed by atoms with Gasteiger partial charge in [0.2, 0.25) is 13.6 Å². The SMILES string of the molecule is CC(C)(C)OC(=O)N1CCC[C@H]1C(O)c1c(C(=O)O)ccc2c1OCO2.CC(C)(C)OC(=O)N1CCC[C@H]1C1OC(=O)c2ccc3c(c21)OCO3. The highest BCUT2D eigenvalue weighted by Crippen LogP contribution is 2.49. The number of rotatable bonds is 4. The Hall–Kier alpha value is -4.92. The summed E-state index contributed by atoms with van der Waals surface area (Å²) in [6, 6.07) is 5.42. The summed E-state index contributed by atoms with van der Waals surface area (Å²) >= 11 is 0. The first-order valence-electron chi connectivity index (χ1n) is 17.0. The number of carboxylic acid groups (broad SMARTS) is 1. The fourth-order valence-electron chi connectivity index (χ4n) is 6.95. The van der Waals surface area contributed by atoms with E-state index in [0.717, 1.165) is 12.8 Å². The predicted octanol–water partition coefficient (Wildman–Crippen LogP) is 5.57. The molecule has 0 bridgehead atoms. The largest absolute Gasteiger partial charge is 0.478 e. The number of benzene rings is 2. The molecule has 2 fully saturated rings. The molecule has 0 spiro atoms. The molecule has 2 aromatic carbocycles. The number of aromatic carboxylic acids is 1. The second kappa shape index (κ2) is 13.7. The van der Waals surface area contributed by atoms with E-state index in [1.165, 1.54) is 17.0 Å². The summed E-state index contributed by atoms with van der Waals surface area (Å²) in [6.45, 7) is 11.9. The molecule has 2 amide bonds. The van der Waals surface area contributed by atoms with Crippen LogP contribution in [-0.4, -0.2) is 94.1 Å². The van der Waals surface area contributed by atoms with E-state index >= 15 is 0 Å². The van der Waals surface area contributed by atoms with Crippen LogP contribution in [0.3, 0.4) is 0 Å². The molecule has 5 aliphatic rings. The molecule has 15 nitrogen and oxygen atoms in total. The molecule has 2 N–H and O–H groups in total. The number of aliphatic hydroxyl groups excluding tert-OH is 1. The smallest absolute Gasteiger partial charge is 0.410 e. The maximum absolute atomic E-state index is 12.6. The minimum absolute atomic E-state index is 0.0431. The maximum Gasteiger partial charge on any atom is 0.410 e. The summed E-state index contributed by atoms with van der Waals surface area (Å²) < 4.78 is 38.2. The number of aliphatic hydroxyl groups is 1. The van der Waals surface area contributed by atoms with Crippen LogP contribution in [0.1, 0.15) is 111 Å². The molecule has 2 aromatic rings. The number of nitrogens with zero attached hydrogens (tertiary/aromatic N) is 2. The van der Waals surface area contributed by atoms with Crippen LogP contribution in [0.5, 0.6) is 23.0 Å². The van der Waals surface area contributed by atoms with Gasteiger partial charge in [0.05, 0.1) is 28.8 Å². The Morgan fingerprint density at radius 1 is 0.804 bits per heavy atom. The van der Waals surface area contributed by atoms with E-state index in [0.29, 0.717) is 54.3 Å². The molecule has 5 heterocycles. The number of carbonyl (C=O) groups excluding carboxylic acids is 3. The molecule has 0 aliphatic carbocycles. The molecule has 2 unspecified atom stereocenters. The molecule has 5 aliphatic heterocycles. The first-order chi connectivity index (χ1) is 24.0. The van der Waals surface area contributed by atoms with Crippen LogP contribution in [0.15, 0.2) is 24.3 Å². The number of fused-ring (bicyclic) bond motifs is 4. The van der Waals surface area contributed by atoms with Gasteiger partial charge >= 0.3 is 24.1 Å². The Bertz CT molecular complexity index is 1710. The fourth-order valence-corrected chi connectivity index (χ4v) is 6.95. The number of carboxylic acids is 1. The van der Waals surface area contributed by atoms with E-state index in [-0.39, 0.29) is 42.6 Å². The van der Waals surface area contributed by atoms with E-state index in [1.807, 2.05) is 20.8 Å². The van der Waals surface area contributed by atoms with Gasteiger partial charge in [-0.3, -0.25) is 0 Å². The predicted molar refractivity (Wildman–Crippen MR) is 177 cm³/mol. The Balaban J connectivity index is 0.000000176. The molecule has 276 valence electrons. The Morgan fingerprint density at radius 3 is 2.02 bits per heavy atom. The standard InChI is InChI=1S/C18H23NO7.C18H21NO6/c1-18(2,3)26-17(23)19-8-4-5-11(19)14(20)13-10(16(21)22)6-7-12-15(13)25-9-24-12;1-18(2,3)25-17(21)19-8-4-5-11(19)14-13-10(16(20)24-14)6-7-12-15(13)23-9-22-12/h6-7,11,14,20H,4-5,8-9H2,1-3H3,(H,21,22);6-7,11,14H,4-5,8-9H2,1-3H3/t2*11-,14?/m00/s1. The normalized spacial score (nSPS) is 22.2. The lowest BCUT2D eigenvalue weighted by Gasteiger charge is -2.31. The van der Waals surface area contributed by atoms with Crippen molar-refractivity contribution in [3.63, 3.8) is 0 Å². The number of ether oxygens (including phenoxy) is 7. The van der Waals surface area contributed by atoms with Gasteiger partial charge in [0.25, 0.3) is 0 Å². The zero-order valence-electron chi connectivity index (χ0n) is 29.6. The first-order valence-corrected chi connectivity index (χ1v) is 17.0. The average Bonchev–Trinajstić information content (AvgIpc) is 3.88. The summed E-state index contributed by atoms with van der Waals surface area (Å²) in [5.41, 5.74) is -0.0181. The zero-order chi connectivity index (χ0) is 36.8. The van der Waals surface area contributed by atoms with Gasteiger partial charge in [0.1, 0.15) is 17.3 Å². The maximum atomic E-state index is 12.6. The molecular formula is C36H44N2O13. The summed E-state index contributed by atoms with van der Waals surface area (Å²) in [6.07, 6.45) is 0.0902. The average molecular weight is 713 g/mol. The number of hydrogen-bond acceptors (Lipinski definition) is 12. The number of likely N-dealkylation sites (tertiary alicyclic amines) is 2. The Morgan fingerprint density at radius 2 is 1.37 bits per heavy atom. The van der Waals surface area contributed by atoms with E-state index in [1.54, 1.807) is 37.8 Å². The molecule has 2 saturated heterocycles. The van der Waals surface area contributed by atoms with Gasteiger partial charge in [0.15, 0.2) is 29.1 Å². The van der Waals surface area contributed by atoms with Crippen molar-refractivity contribution in [2.24, 2.45) is 0 Å². The summed E-state index contributed by atoms with van der Waals surface area (Å²) in [5, 5.41) is 20.5. The molecule has 0 radical (unpaired) electrons. The molecule has 51 heavy (non-hydrogen) atoms. The quantitative estimate of drug-likeness (QED) is 0.297. The summed E-state index contributed by atoms with van der Waals surface area (Å²) in [7, 11) is 0. The number of amides is 2. The topological polar surface area (TPSA) is 180 Å². The third-order valence-electron chi connectivity index (χ3n) is 8.99. The van der Waals surface area contributed by atoms with Crippen LogP contribution in [0, 0.1) is 0 Å². The minimum Gasteiger partial charge on any atom is -0.478 e. The third-order valence-corrected chi connectivity index (χ3v) is 8.99. The lowest BCUT2D eigenvalue weighted by Crippen LogP contribution is -2.42. The van der Waals surface area contributed by atoms with E-state index in [9.17, 15) is 29.4 Å². The lowest BCUT2D eigenvalue weighted by atomic mass is 9.94. The highest BCUT2D eigenvalue weighted by molar-refractivity contribution is 5.96. The van der Waals surface area contributed by atoms with E-state index in [4.69, 9.17) is 33.2 Å². The molecule has 15 heteroatoms. The minimum atomic E-state index is -1.23. The van der Waals surface area contributed by atoms with Crippen LogP contribution in [-0.2, 0) is 14.2 Å². The fraction of sp³-hybridized carbons (Fsp3) is 0.556. The van der Waals surface area contributed by atoms with Crippen molar-refractivity contribution < 1.29 is 62.5 Å². The molecular weight excluding hydrogens is 668 g/mol. The van der Waals surface area contributed by atoms with Gasteiger partial charge in [-0.2, -0.15) is 0 Å². The monoisotopic (exact) mass is 712 g/mol. The second-order valence-electron chi connectivity index (χ2n) is 14.9. The molecule has 0 aromatic heterocycles. The molecule has 4 atom stereocenters. The van der Waals surface area contributed by atoms with E-state index in [2.05, 4.69) is 0 Å². The molecule has 0 saturated carbocycles. The van der Waals surface area contributed by atoms with Gasteiger partial charge in [-0.15, -0.1) is 0 Å². The van der Waals surface area contributed by atoms with Gasteiger partial charge in [-0.1, -0.05) is 0 Å². The Kier molecular flexibility index (Phi) is 9.61. The van der Waals surface area contributed by atoms with Gasteiger partial charge in [-0.05, 0) is 91.5 Å². The highest BCUT2D eigenvalue weighted by atomic mass is 16.7. The van der Waals surface area contributed by atoms with Crippen molar-refractivity contribution in [1.29, 1.82) is 0 Å². The highest BCUT2D eigenvalue weighted by Gasteiger charge is 2.47. The van der Waals surface area contributed by atoms with E-state index < -0.39 is 47.5 Å². The van der Waals surface area contributed by atoms with Crippen LogP contribution < -0.4 is 18.9 Å². The van der Waals surface area contributed by atoms with Crippen LogP contribution in [0.4, 0.5) is 9.59 Å². The van der Waals surface area contributed by atoms with Gasteiger partial charge in [-0.25, -0.2) is 19.2 Å². The van der Waals surface area contributed by atoms with Crippen LogP contribution in [0.2, 0.25) is 0 Å². The van der Waals surface area contributed by atoms with Gasteiger partial charge < -0.3 is 53.2 Å². The van der Waals surface area contributed by atoms with Crippen molar-refractivity contribution in [1.82, 2.24) is 9.80 Å². The first kappa shape index (κ1) is 35.9.